The Bertz CT molecular complexity index is 86.2. The quantitative estimate of drug-likeness (QED) is 0.563. The fourth-order valence-corrected chi connectivity index (χ4v) is 0.199. The number of ether oxygens (including phenoxy) is 2. The van der Waals surface area contributed by atoms with Gasteiger partial charge < -0.3 is 14.6 Å². The third-order valence-corrected chi connectivity index (χ3v) is 0.547. The van der Waals surface area contributed by atoms with Crippen molar-refractivity contribution in [2.24, 2.45) is 0 Å². The Kier molecular flexibility index (Phi) is 2.84. The van der Waals surface area contributed by atoms with Crippen molar-refractivity contribution in [1.82, 2.24) is 0 Å². The second-order valence-corrected chi connectivity index (χ2v) is 1.10. The van der Waals surface area contributed by atoms with E-state index in [0.29, 0.717) is 6.61 Å². The van der Waals surface area contributed by atoms with Crippen LogP contribution in [0.2, 0.25) is 0 Å². The Morgan fingerprint density at radius 3 is 3.12 bits per heavy atom. The van der Waals surface area contributed by atoms with Crippen LogP contribution >= 0.6 is 0 Å². The number of rotatable bonds is 4. The molecule has 0 aliphatic rings. The van der Waals surface area contributed by atoms with Crippen LogP contribution in [-0.2, 0) is 9.47 Å². The molecule has 0 atom stereocenters. The van der Waals surface area contributed by atoms with Gasteiger partial charge in [0.1, 0.15) is 0 Å². The standard InChI is InChI=1S/C5H10O3/c1-3-8-4-5(6)7-2/h4,6H,3H2,1-2H3/b5-4-/i/hT. The molecule has 0 aliphatic carbocycles. The van der Waals surface area contributed by atoms with Gasteiger partial charge in [-0.2, -0.15) is 0 Å². The highest BCUT2D eigenvalue weighted by Gasteiger charge is 1.83. The minimum absolute atomic E-state index is 0.0526. The average molecular weight is 120 g/mol. The fraction of sp³-hybridized carbons (Fsp3) is 0.600. The van der Waals surface area contributed by atoms with Gasteiger partial charge in [-0.1, -0.05) is 0 Å². The lowest BCUT2D eigenvalue weighted by Gasteiger charge is -1.95. The molecular weight excluding hydrogens is 108 g/mol. The first kappa shape index (κ1) is 5.28. The van der Waals surface area contributed by atoms with Crippen LogP contribution in [0.5, 0.6) is 0 Å². The molecule has 0 rings (SSSR count). The highest BCUT2D eigenvalue weighted by atomic mass is 16.6. The lowest BCUT2D eigenvalue weighted by Crippen LogP contribution is -1.86. The molecule has 0 aromatic heterocycles. The van der Waals surface area contributed by atoms with Gasteiger partial charge in [0.25, 0.3) is 1.43 Å². The Labute approximate surface area is 50.0 Å². The monoisotopic (exact) mass is 120 g/mol. The van der Waals surface area contributed by atoms with Crippen LogP contribution in [0.4, 0.5) is 0 Å². The van der Waals surface area contributed by atoms with Crippen LogP contribution < -0.4 is 0 Å². The van der Waals surface area contributed by atoms with E-state index >= 15 is 0 Å². The van der Waals surface area contributed by atoms with Crippen LogP contribution in [0.25, 0.3) is 1.43 Å². The molecule has 0 heterocycles. The van der Waals surface area contributed by atoms with Gasteiger partial charge in [0.05, 0.1) is 13.7 Å². The van der Waals surface area contributed by atoms with Gasteiger partial charge in [-0.15, -0.1) is 0 Å². The molecule has 0 aromatic carbocycles. The summed E-state index contributed by atoms with van der Waals surface area (Å²) >= 11 is 0. The highest BCUT2D eigenvalue weighted by Crippen LogP contribution is 1.87. The van der Waals surface area contributed by atoms with Crippen molar-refractivity contribution in [3.05, 3.63) is 12.2 Å². The maximum absolute atomic E-state index is 6.37. The molecule has 0 saturated heterocycles. The molecule has 48 valence electrons. The Hall–Kier alpha value is -0.860. The molecule has 3 heteroatoms. The van der Waals surface area contributed by atoms with Gasteiger partial charge in [0.15, 0.2) is 6.26 Å². The summed E-state index contributed by atoms with van der Waals surface area (Å²) < 4.78 is 15.6. The molecule has 0 saturated carbocycles. The Morgan fingerprint density at radius 1 is 2.00 bits per heavy atom. The van der Waals surface area contributed by atoms with E-state index in [2.05, 4.69) is 9.85 Å². The van der Waals surface area contributed by atoms with Gasteiger partial charge in [0, 0.05) is 0 Å². The predicted molar refractivity (Wildman–Crippen MR) is 29.3 cm³/mol. The third kappa shape index (κ3) is 3.33. The summed E-state index contributed by atoms with van der Waals surface area (Å²) in [7, 11) is 1.40. The Morgan fingerprint density at radius 2 is 2.75 bits per heavy atom. The van der Waals surface area contributed by atoms with Crippen LogP contribution in [0.3, 0.4) is 0 Å². The molecular formula is C5H10O3. The summed E-state index contributed by atoms with van der Waals surface area (Å²) in [6.45, 7) is 2.37. The summed E-state index contributed by atoms with van der Waals surface area (Å²) in [5, 5.41) is 3.97. The summed E-state index contributed by atoms with van der Waals surface area (Å²) in [6.07, 6.45) is 1.24. The van der Waals surface area contributed by atoms with Gasteiger partial charge in [-0.3, -0.25) is 0 Å². The summed E-state index contributed by atoms with van der Waals surface area (Å²) in [5.74, 6) is 0.0526. The molecule has 1 N–H and O–H groups in total. The highest BCUT2D eigenvalue weighted by molar-refractivity contribution is 4.69. The molecule has 0 aliphatic heterocycles. The zero-order chi connectivity index (χ0) is 7.11. The van der Waals surface area contributed by atoms with E-state index in [1.165, 1.54) is 13.4 Å². The van der Waals surface area contributed by atoms with Crippen molar-refractivity contribution in [2.75, 3.05) is 13.7 Å². The van der Waals surface area contributed by atoms with Gasteiger partial charge in [-0.05, 0) is 6.92 Å². The van der Waals surface area contributed by atoms with Crippen molar-refractivity contribution in [2.45, 2.75) is 6.92 Å². The number of aliphatic hydroxyl groups is 1. The fourth-order valence-electron chi connectivity index (χ4n) is 0.199. The van der Waals surface area contributed by atoms with Crippen LogP contribution in [0, 0.1) is 0 Å². The van der Waals surface area contributed by atoms with E-state index in [4.69, 9.17) is 6.17 Å². The average Bonchev–Trinajstić information content (AvgIpc) is 1.91. The third-order valence-electron chi connectivity index (χ3n) is 0.547. The molecule has 0 amide bonds. The first-order valence-corrected chi connectivity index (χ1v) is 2.34. The summed E-state index contributed by atoms with van der Waals surface area (Å²) in [4.78, 5) is 0. The van der Waals surface area contributed by atoms with E-state index in [9.17, 15) is 0 Å². The van der Waals surface area contributed by atoms with E-state index in [-0.39, 0.29) is 5.95 Å². The smallest absolute Gasteiger partial charge is 0.312 e. The molecule has 0 unspecified atom stereocenters. The maximum Gasteiger partial charge on any atom is 0.312 e. The van der Waals surface area contributed by atoms with Crippen LogP contribution in [0.15, 0.2) is 12.2 Å². The van der Waals surface area contributed by atoms with Crippen molar-refractivity contribution < 1.29 is 14.6 Å². The zero-order valence-electron chi connectivity index (χ0n) is 6.01. The van der Waals surface area contributed by atoms with E-state index in [1.807, 2.05) is 6.92 Å². The lowest BCUT2D eigenvalue weighted by atomic mass is 10.8. The molecule has 0 aromatic rings. The minimum Gasteiger partial charge on any atom is -0.494 e. The van der Waals surface area contributed by atoms with E-state index in [1.54, 1.807) is 0 Å². The van der Waals surface area contributed by atoms with Crippen molar-refractivity contribution in [3.8, 4) is 0 Å². The molecule has 0 spiro atoms. The van der Waals surface area contributed by atoms with Gasteiger partial charge >= 0.3 is 5.95 Å². The van der Waals surface area contributed by atoms with Gasteiger partial charge in [-0.25, -0.2) is 0 Å². The molecule has 0 radical (unpaired) electrons. The minimum atomic E-state index is 0.0526. The van der Waals surface area contributed by atoms with E-state index < -0.39 is 0 Å². The second-order valence-electron chi connectivity index (χ2n) is 1.10. The molecule has 8 heavy (non-hydrogen) atoms. The largest absolute Gasteiger partial charge is 0.494 e. The first-order chi connectivity index (χ1) is 4.35. The number of hydrogen-bond acceptors (Lipinski definition) is 3. The number of hydrogen-bond donors (Lipinski definition) is 1. The number of aliphatic hydroxyl groups excluding tert-OH is 1. The number of methoxy groups -OCH3 is 1. The van der Waals surface area contributed by atoms with Crippen molar-refractivity contribution in [1.29, 1.82) is 1.43 Å². The summed E-state index contributed by atoms with van der Waals surface area (Å²) in [6, 6.07) is 0. The SMILES string of the molecule is [3H]O/C(=C/OCC)OC. The zero-order valence-corrected chi connectivity index (χ0v) is 5.01. The van der Waals surface area contributed by atoms with Crippen molar-refractivity contribution >= 4 is 0 Å². The summed E-state index contributed by atoms with van der Waals surface area (Å²) in [5.41, 5.74) is 0. The normalized spacial score (nSPS) is 12.2. The topological polar surface area (TPSA) is 38.7 Å². The molecule has 0 bridgehead atoms. The molecule has 3 nitrogen and oxygen atoms in total. The first-order valence-electron chi connectivity index (χ1n) is 2.74. The predicted octanol–water partition coefficient (Wildman–Crippen LogP) is 1.03. The lowest BCUT2D eigenvalue weighted by molar-refractivity contribution is 0.110. The van der Waals surface area contributed by atoms with Crippen molar-refractivity contribution in [3.63, 3.8) is 0 Å². The van der Waals surface area contributed by atoms with Crippen LogP contribution in [0.1, 0.15) is 6.92 Å². The molecule has 0 fully saturated rings. The van der Waals surface area contributed by atoms with E-state index in [0.717, 1.165) is 0 Å². The maximum atomic E-state index is 6.37. The van der Waals surface area contributed by atoms with Gasteiger partial charge in [0.2, 0.25) is 0 Å². The van der Waals surface area contributed by atoms with Crippen LogP contribution in [-0.4, -0.2) is 18.8 Å². The Balaban J connectivity index is 3.48. The second kappa shape index (κ2) is 4.30.